The van der Waals surface area contributed by atoms with Gasteiger partial charge in [0.2, 0.25) is 0 Å². The lowest BCUT2D eigenvalue weighted by Crippen LogP contribution is -2.15. The number of hydrogen-bond acceptors (Lipinski definition) is 4. The molecular weight excluding hydrogens is 302 g/mol. The van der Waals surface area contributed by atoms with E-state index in [1.165, 1.54) is 0 Å². The Hall–Kier alpha value is -2.67. The molecule has 0 spiro atoms. The molecule has 0 bridgehead atoms. The van der Waals surface area contributed by atoms with Crippen LogP contribution in [0.25, 0.3) is 0 Å². The molecule has 1 atom stereocenters. The van der Waals surface area contributed by atoms with Crippen LogP contribution >= 0.6 is 0 Å². The van der Waals surface area contributed by atoms with Gasteiger partial charge < -0.3 is 14.2 Å². The highest BCUT2D eigenvalue weighted by Crippen LogP contribution is 2.34. The van der Waals surface area contributed by atoms with Gasteiger partial charge in [0.25, 0.3) is 0 Å². The van der Waals surface area contributed by atoms with Crippen molar-refractivity contribution < 1.29 is 14.2 Å². The zero-order chi connectivity index (χ0) is 16.9. The second-order valence-electron chi connectivity index (χ2n) is 5.79. The van der Waals surface area contributed by atoms with Crippen molar-refractivity contribution in [2.45, 2.75) is 25.7 Å². The smallest absolute Gasteiger partial charge is 0.161 e. The van der Waals surface area contributed by atoms with Crippen molar-refractivity contribution in [1.29, 1.82) is 5.26 Å². The molecule has 2 aromatic carbocycles. The summed E-state index contributed by atoms with van der Waals surface area (Å²) >= 11 is 0. The number of hydrogen-bond donors (Lipinski definition) is 0. The molecule has 0 fully saturated rings. The number of ether oxygens (including phenoxy) is 3. The Bertz CT molecular complexity index is 764. The van der Waals surface area contributed by atoms with Crippen LogP contribution in [0.5, 0.6) is 17.2 Å². The zero-order valence-electron chi connectivity index (χ0n) is 14.0. The van der Waals surface area contributed by atoms with Gasteiger partial charge in [-0.2, -0.15) is 5.26 Å². The molecule has 1 heterocycles. The second kappa shape index (κ2) is 7.27. The van der Waals surface area contributed by atoms with Crippen LogP contribution in [0.1, 0.15) is 29.5 Å². The molecule has 24 heavy (non-hydrogen) atoms. The predicted molar refractivity (Wildman–Crippen MR) is 91.9 cm³/mol. The molecule has 4 nitrogen and oxygen atoms in total. The van der Waals surface area contributed by atoms with Crippen molar-refractivity contribution in [1.82, 2.24) is 0 Å². The first-order valence-electron chi connectivity index (χ1n) is 8.20. The lowest BCUT2D eigenvalue weighted by molar-refractivity contribution is 0.171. The molecule has 4 heteroatoms. The quantitative estimate of drug-likeness (QED) is 0.838. The molecule has 1 unspecified atom stereocenters. The Balaban J connectivity index is 1.84. The molecular formula is C20H21NO3. The Morgan fingerprint density at radius 3 is 2.62 bits per heavy atom. The number of aryl methyl sites for hydroxylation is 1. The highest BCUT2D eigenvalue weighted by atomic mass is 16.6. The van der Waals surface area contributed by atoms with Gasteiger partial charge in [0.1, 0.15) is 19.0 Å². The summed E-state index contributed by atoms with van der Waals surface area (Å²) in [6.07, 6.45) is 1.56. The molecule has 3 rings (SSSR count). The predicted octanol–water partition coefficient (Wildman–Crippen LogP) is 3.88. The highest BCUT2D eigenvalue weighted by Gasteiger charge is 2.17. The summed E-state index contributed by atoms with van der Waals surface area (Å²) in [4.78, 5) is 0. The van der Waals surface area contributed by atoms with E-state index in [2.05, 4.69) is 19.1 Å². The maximum atomic E-state index is 9.63. The molecule has 0 aromatic heterocycles. The standard InChI is InChI=1S/C20H21NO3/c1-3-15-10-14(4-6-18(15)22-2)11-17(13-21)16-5-7-19-20(12-16)24-9-8-23-19/h4-7,10,12,17H,3,8-9,11H2,1-2H3. The van der Waals surface area contributed by atoms with Crippen molar-refractivity contribution in [2.24, 2.45) is 0 Å². The molecule has 0 aliphatic carbocycles. The third-order valence-electron chi connectivity index (χ3n) is 4.29. The van der Waals surface area contributed by atoms with E-state index < -0.39 is 0 Å². The van der Waals surface area contributed by atoms with Crippen LogP contribution in [0.3, 0.4) is 0 Å². The first-order chi connectivity index (χ1) is 11.7. The molecule has 0 amide bonds. The topological polar surface area (TPSA) is 51.5 Å². The lowest BCUT2D eigenvalue weighted by atomic mass is 9.92. The molecule has 0 saturated heterocycles. The summed E-state index contributed by atoms with van der Waals surface area (Å²) in [5.41, 5.74) is 3.25. The molecule has 0 saturated carbocycles. The van der Waals surface area contributed by atoms with Crippen LogP contribution in [0, 0.1) is 11.3 Å². The number of nitrogens with zero attached hydrogens (tertiary/aromatic N) is 1. The van der Waals surface area contributed by atoms with Crippen LogP contribution in [0.15, 0.2) is 36.4 Å². The molecule has 0 radical (unpaired) electrons. The number of nitriles is 1. The summed E-state index contributed by atoms with van der Waals surface area (Å²) in [5, 5.41) is 9.63. The molecule has 1 aliphatic rings. The Kier molecular flexibility index (Phi) is 4.90. The van der Waals surface area contributed by atoms with Gasteiger partial charge in [-0.25, -0.2) is 0 Å². The normalized spacial score (nSPS) is 13.9. The van der Waals surface area contributed by atoms with Gasteiger partial charge >= 0.3 is 0 Å². The largest absolute Gasteiger partial charge is 0.496 e. The molecule has 1 aliphatic heterocycles. The van der Waals surface area contributed by atoms with Gasteiger partial charge in [0, 0.05) is 0 Å². The maximum absolute atomic E-state index is 9.63. The average molecular weight is 323 g/mol. The van der Waals surface area contributed by atoms with Gasteiger partial charge in [0.15, 0.2) is 11.5 Å². The fraction of sp³-hybridized carbons (Fsp3) is 0.350. The summed E-state index contributed by atoms with van der Waals surface area (Å²) in [7, 11) is 1.68. The molecule has 2 aromatic rings. The van der Waals surface area contributed by atoms with Crippen LogP contribution in [0.4, 0.5) is 0 Å². The van der Waals surface area contributed by atoms with Crippen molar-refractivity contribution in [3.63, 3.8) is 0 Å². The fourth-order valence-electron chi connectivity index (χ4n) is 2.99. The van der Waals surface area contributed by atoms with Gasteiger partial charge in [0.05, 0.1) is 19.1 Å². The fourth-order valence-corrected chi connectivity index (χ4v) is 2.99. The van der Waals surface area contributed by atoms with Crippen LogP contribution in [0.2, 0.25) is 0 Å². The summed E-state index contributed by atoms with van der Waals surface area (Å²) in [6, 6.07) is 14.3. The highest BCUT2D eigenvalue weighted by molar-refractivity contribution is 5.46. The third-order valence-corrected chi connectivity index (χ3v) is 4.29. The van der Waals surface area contributed by atoms with Gasteiger partial charge in [-0.1, -0.05) is 25.1 Å². The maximum Gasteiger partial charge on any atom is 0.161 e. The van der Waals surface area contributed by atoms with Gasteiger partial charge in [-0.15, -0.1) is 0 Å². The Labute approximate surface area is 142 Å². The zero-order valence-corrected chi connectivity index (χ0v) is 14.0. The number of benzene rings is 2. The van der Waals surface area contributed by atoms with Crippen molar-refractivity contribution in [2.75, 3.05) is 20.3 Å². The molecule has 124 valence electrons. The first-order valence-corrected chi connectivity index (χ1v) is 8.20. The lowest BCUT2D eigenvalue weighted by Gasteiger charge is -2.20. The average Bonchev–Trinajstić information content (AvgIpc) is 2.65. The van der Waals surface area contributed by atoms with Crippen molar-refractivity contribution in [3.05, 3.63) is 53.1 Å². The number of fused-ring (bicyclic) bond motifs is 1. The van der Waals surface area contributed by atoms with E-state index in [0.717, 1.165) is 40.4 Å². The number of rotatable bonds is 5. The Morgan fingerprint density at radius 1 is 1.12 bits per heavy atom. The van der Waals surface area contributed by atoms with Crippen molar-refractivity contribution >= 4 is 0 Å². The van der Waals surface area contributed by atoms with Crippen LogP contribution in [-0.2, 0) is 12.8 Å². The SMILES string of the molecule is CCc1cc(CC(C#N)c2ccc3c(c2)OCCO3)ccc1OC. The van der Waals surface area contributed by atoms with E-state index in [1.807, 2.05) is 30.3 Å². The van der Waals surface area contributed by atoms with Crippen LogP contribution < -0.4 is 14.2 Å². The van der Waals surface area contributed by atoms with E-state index in [0.29, 0.717) is 19.6 Å². The summed E-state index contributed by atoms with van der Waals surface area (Å²) in [5.74, 6) is 2.15. The second-order valence-corrected chi connectivity index (χ2v) is 5.79. The number of methoxy groups -OCH3 is 1. The third kappa shape index (κ3) is 3.30. The molecule has 0 N–H and O–H groups in total. The summed E-state index contributed by atoms with van der Waals surface area (Å²) in [6.45, 7) is 3.22. The van der Waals surface area contributed by atoms with Crippen LogP contribution in [-0.4, -0.2) is 20.3 Å². The van der Waals surface area contributed by atoms with Gasteiger partial charge in [-0.05, 0) is 47.7 Å². The van der Waals surface area contributed by atoms with E-state index in [9.17, 15) is 5.26 Å². The van der Waals surface area contributed by atoms with E-state index in [4.69, 9.17) is 14.2 Å². The first kappa shape index (κ1) is 16.2. The minimum absolute atomic E-state index is 0.223. The minimum Gasteiger partial charge on any atom is -0.496 e. The van der Waals surface area contributed by atoms with E-state index in [-0.39, 0.29) is 5.92 Å². The monoisotopic (exact) mass is 323 g/mol. The van der Waals surface area contributed by atoms with Gasteiger partial charge in [-0.3, -0.25) is 0 Å². The Morgan fingerprint density at radius 2 is 1.92 bits per heavy atom. The van der Waals surface area contributed by atoms with E-state index in [1.54, 1.807) is 7.11 Å². The van der Waals surface area contributed by atoms with E-state index >= 15 is 0 Å². The summed E-state index contributed by atoms with van der Waals surface area (Å²) < 4.78 is 16.5. The van der Waals surface area contributed by atoms with Crippen molar-refractivity contribution in [3.8, 4) is 23.3 Å². The minimum atomic E-state index is -0.223.